The van der Waals surface area contributed by atoms with Gasteiger partial charge in [0.25, 0.3) is 0 Å². The summed E-state index contributed by atoms with van der Waals surface area (Å²) in [5.74, 6) is 0. The van der Waals surface area contributed by atoms with Gasteiger partial charge in [0.1, 0.15) is 26.2 Å². The van der Waals surface area contributed by atoms with Crippen LogP contribution in [-0.4, -0.2) is 79.2 Å². The lowest BCUT2D eigenvalue weighted by Gasteiger charge is -2.45. The van der Waals surface area contributed by atoms with Crippen LogP contribution in [0.2, 0.25) is 0 Å². The van der Waals surface area contributed by atoms with Crippen molar-refractivity contribution < 1.29 is 29.4 Å². The van der Waals surface area contributed by atoms with Crippen LogP contribution in [0.25, 0.3) is 0 Å². The summed E-state index contributed by atoms with van der Waals surface area (Å²) in [5, 5.41) is 43.9. The third kappa shape index (κ3) is 13.2. The van der Waals surface area contributed by atoms with E-state index in [2.05, 4.69) is 24.3 Å². The minimum Gasteiger partial charge on any atom is -0.391 e. The predicted molar refractivity (Wildman–Crippen MR) is 218 cm³/mol. The molecule has 0 aliphatic heterocycles. The van der Waals surface area contributed by atoms with Gasteiger partial charge in [-0.25, -0.2) is 0 Å². The molecule has 288 valence electrons. The molecule has 6 atom stereocenters. The van der Waals surface area contributed by atoms with Crippen LogP contribution < -0.4 is 0 Å². The summed E-state index contributed by atoms with van der Waals surface area (Å²) in [5.41, 5.74) is 3.61. The maximum atomic E-state index is 11.7. The van der Waals surface area contributed by atoms with Gasteiger partial charge in [-0.05, 0) is 24.0 Å². The molecule has 0 saturated carbocycles. The summed E-state index contributed by atoms with van der Waals surface area (Å²) in [4.78, 5) is 0. The van der Waals surface area contributed by atoms with Crippen LogP contribution in [0.3, 0.4) is 0 Å². The fourth-order valence-corrected chi connectivity index (χ4v) is 8.68. The molecule has 0 saturated heterocycles. The Morgan fingerprint density at radius 3 is 1.00 bits per heavy atom. The second-order valence-electron chi connectivity index (χ2n) is 14.6. The lowest BCUT2D eigenvalue weighted by atomic mass is 10.0. The molecular formula is C45H62Cl2N2O4+2. The number of unbranched alkanes of at least 4 members (excludes halogenated alkanes) is 6. The van der Waals surface area contributed by atoms with Crippen molar-refractivity contribution in [2.24, 2.45) is 0 Å². The molecule has 4 aromatic rings. The Balaban J connectivity index is 1.27. The fourth-order valence-electron chi connectivity index (χ4n) is 7.77. The molecule has 0 radical (unpaired) electrons. The van der Waals surface area contributed by atoms with E-state index in [1.54, 1.807) is 0 Å². The number of hydrogen-bond donors (Lipinski definition) is 4. The number of aliphatic hydroxyl groups is 4. The highest BCUT2D eigenvalue weighted by Gasteiger charge is 2.43. The van der Waals surface area contributed by atoms with Crippen molar-refractivity contribution >= 4 is 23.2 Å². The first-order valence-corrected chi connectivity index (χ1v) is 20.4. The van der Waals surface area contributed by atoms with Crippen molar-refractivity contribution in [2.45, 2.75) is 107 Å². The van der Waals surface area contributed by atoms with Crippen molar-refractivity contribution in [2.75, 3.05) is 26.3 Å². The first-order valence-electron chi connectivity index (χ1n) is 19.6. The van der Waals surface area contributed by atoms with Crippen LogP contribution >= 0.6 is 23.2 Å². The highest BCUT2D eigenvalue weighted by atomic mass is 35.5. The van der Waals surface area contributed by atoms with Crippen molar-refractivity contribution in [1.82, 2.24) is 0 Å². The van der Waals surface area contributed by atoms with Gasteiger partial charge in [0.2, 0.25) is 0 Å². The third-order valence-corrected chi connectivity index (χ3v) is 12.1. The zero-order valence-corrected chi connectivity index (χ0v) is 32.8. The SMILES string of the molecule is OCC[N+](Cc1ccccc1)(C(O)Cc1ccccc1)C(Cl)CCCCCCCCCC(Cl)[N+](CCO)(Cc1ccccc1)C(O)Cc1ccccc1. The van der Waals surface area contributed by atoms with Crippen molar-refractivity contribution in [3.8, 4) is 0 Å². The van der Waals surface area contributed by atoms with E-state index in [4.69, 9.17) is 23.2 Å². The average Bonchev–Trinajstić information content (AvgIpc) is 3.18. The number of quaternary nitrogens is 2. The van der Waals surface area contributed by atoms with Gasteiger partial charge in [0.05, 0.1) is 26.1 Å². The third-order valence-electron chi connectivity index (χ3n) is 10.9. The molecule has 0 aliphatic carbocycles. The van der Waals surface area contributed by atoms with Crippen molar-refractivity contribution in [1.29, 1.82) is 0 Å². The molecular weight excluding hydrogens is 703 g/mol. The van der Waals surface area contributed by atoms with Gasteiger partial charge in [0, 0.05) is 24.0 Å². The molecule has 0 aliphatic rings. The van der Waals surface area contributed by atoms with Crippen LogP contribution in [0.15, 0.2) is 121 Å². The average molecular weight is 766 g/mol. The summed E-state index contributed by atoms with van der Waals surface area (Å²) in [6.45, 7) is 1.76. The van der Waals surface area contributed by atoms with Gasteiger partial charge in [-0.3, -0.25) is 8.97 Å². The Kier molecular flexibility index (Phi) is 18.8. The van der Waals surface area contributed by atoms with Crippen molar-refractivity contribution in [3.05, 3.63) is 144 Å². The van der Waals surface area contributed by atoms with Crippen LogP contribution in [0.4, 0.5) is 0 Å². The highest BCUT2D eigenvalue weighted by Crippen LogP contribution is 2.33. The molecule has 0 heterocycles. The monoisotopic (exact) mass is 764 g/mol. The summed E-state index contributed by atoms with van der Waals surface area (Å²) in [7, 11) is 0. The maximum Gasteiger partial charge on any atom is 0.196 e. The maximum absolute atomic E-state index is 11.7. The normalized spacial score (nSPS) is 16.3. The lowest BCUT2D eigenvalue weighted by Crippen LogP contribution is -2.61. The Hall–Kier alpha value is -2.78. The van der Waals surface area contributed by atoms with Crippen LogP contribution in [0.5, 0.6) is 0 Å². The Labute approximate surface area is 328 Å². The van der Waals surface area contributed by atoms with E-state index >= 15 is 0 Å². The first-order chi connectivity index (χ1) is 25.8. The molecule has 0 bridgehead atoms. The Bertz CT molecular complexity index is 1410. The molecule has 0 aromatic heterocycles. The number of hydrogen-bond acceptors (Lipinski definition) is 4. The minimum atomic E-state index is -0.750. The van der Waals surface area contributed by atoms with Gasteiger partial charge >= 0.3 is 0 Å². The molecule has 0 spiro atoms. The second kappa shape index (κ2) is 23.2. The van der Waals surface area contributed by atoms with E-state index in [0.29, 0.717) is 39.0 Å². The molecule has 8 heteroatoms. The van der Waals surface area contributed by atoms with Gasteiger partial charge in [0.15, 0.2) is 23.5 Å². The molecule has 4 N–H and O–H groups in total. The number of rotatable bonds is 26. The molecule has 0 amide bonds. The van der Waals surface area contributed by atoms with E-state index in [1.165, 1.54) is 0 Å². The molecule has 53 heavy (non-hydrogen) atoms. The number of halogens is 2. The topological polar surface area (TPSA) is 80.9 Å². The smallest absolute Gasteiger partial charge is 0.196 e. The Morgan fingerprint density at radius 2 is 0.698 bits per heavy atom. The van der Waals surface area contributed by atoms with E-state index in [9.17, 15) is 20.4 Å². The second-order valence-corrected chi connectivity index (χ2v) is 15.7. The predicted octanol–water partition coefficient (Wildman–Crippen LogP) is 8.77. The molecule has 6 unspecified atom stereocenters. The van der Waals surface area contributed by atoms with E-state index in [1.807, 2.05) is 97.1 Å². The molecule has 4 rings (SSSR count). The van der Waals surface area contributed by atoms with Crippen LogP contribution in [0, 0.1) is 0 Å². The van der Waals surface area contributed by atoms with Crippen LogP contribution in [0.1, 0.15) is 80.0 Å². The minimum absolute atomic E-state index is 0.0523. The lowest BCUT2D eigenvalue weighted by molar-refractivity contribution is -0.993. The standard InChI is InChI=1S/C45H62Cl2N2O4/c46-42(48(30-32-50,36-40-24-14-8-15-25-40)44(52)34-38-20-10-6-11-21-38)28-18-4-2-1-3-5-19-29-43(47)49(31-33-51,37-41-26-16-9-17-27-41)45(53)35-39-22-12-7-13-23-39/h6-17,20-27,42-45,50-53H,1-5,18-19,28-37H2/q+2. The van der Waals surface area contributed by atoms with Gasteiger partial charge < -0.3 is 20.4 Å². The quantitative estimate of drug-likeness (QED) is 0.0170. The van der Waals surface area contributed by atoms with E-state index in [0.717, 1.165) is 80.0 Å². The molecule has 4 aromatic carbocycles. The summed E-state index contributed by atoms with van der Waals surface area (Å²) >= 11 is 14.5. The van der Waals surface area contributed by atoms with Crippen molar-refractivity contribution in [3.63, 3.8) is 0 Å². The zero-order chi connectivity index (χ0) is 37.8. The van der Waals surface area contributed by atoms with Gasteiger partial charge in [-0.2, -0.15) is 0 Å². The highest BCUT2D eigenvalue weighted by molar-refractivity contribution is 6.19. The number of alkyl halides is 2. The largest absolute Gasteiger partial charge is 0.391 e. The summed E-state index contributed by atoms with van der Waals surface area (Å²) in [6, 6.07) is 40.3. The summed E-state index contributed by atoms with van der Waals surface area (Å²) in [6.07, 6.45) is 8.30. The van der Waals surface area contributed by atoms with Gasteiger partial charge in [-0.1, -0.05) is 177 Å². The first kappa shape index (κ1) is 43.0. The number of aliphatic hydroxyl groups excluding tert-OH is 4. The zero-order valence-electron chi connectivity index (χ0n) is 31.3. The van der Waals surface area contributed by atoms with Crippen LogP contribution in [-0.2, 0) is 25.9 Å². The molecule has 6 nitrogen and oxygen atoms in total. The molecule has 0 fully saturated rings. The number of nitrogens with zero attached hydrogens (tertiary/aromatic N) is 2. The van der Waals surface area contributed by atoms with Gasteiger partial charge in [-0.15, -0.1) is 0 Å². The summed E-state index contributed by atoms with van der Waals surface area (Å²) < 4.78 is 0.439. The number of benzene rings is 4. The van der Waals surface area contributed by atoms with E-state index in [-0.39, 0.29) is 33.2 Å². The Morgan fingerprint density at radius 1 is 0.415 bits per heavy atom. The fraction of sp³-hybridized carbons (Fsp3) is 0.467. The van der Waals surface area contributed by atoms with E-state index < -0.39 is 12.5 Å².